The van der Waals surface area contributed by atoms with Gasteiger partial charge in [-0.15, -0.1) is 0 Å². The van der Waals surface area contributed by atoms with Crippen molar-refractivity contribution in [3.63, 3.8) is 0 Å². The maximum Gasteiger partial charge on any atom is 0.334 e. The molecule has 6 nitrogen and oxygen atoms in total. The van der Waals surface area contributed by atoms with Crippen molar-refractivity contribution >= 4 is 22.8 Å². The number of hydrogen-bond donors (Lipinski definition) is 2. The quantitative estimate of drug-likeness (QED) is 0.205. The molecular formula is C22H49NO5Si2. The molecule has 0 spiro atoms. The number of hydrogen-bond acceptors (Lipinski definition) is 5. The molecule has 0 aromatic carbocycles. The Morgan fingerprint density at radius 1 is 0.867 bits per heavy atom. The molecule has 0 aliphatic carbocycles. The summed E-state index contributed by atoms with van der Waals surface area (Å²) in [5.41, 5.74) is 1.13. The highest BCUT2D eigenvalue weighted by Gasteiger charge is 2.47. The molecule has 0 radical (unpaired) electrons. The number of rotatable bonds is 18. The summed E-state index contributed by atoms with van der Waals surface area (Å²) in [6.07, 6.45) is 4.93. The summed E-state index contributed by atoms with van der Waals surface area (Å²) in [5.74, 6) is -0.857. The second-order valence-corrected chi connectivity index (χ2v) is 18.5. The zero-order chi connectivity index (χ0) is 23.4. The lowest BCUT2D eigenvalue weighted by molar-refractivity contribution is -0.145. The van der Waals surface area contributed by atoms with Crippen molar-refractivity contribution in [3.8, 4) is 0 Å². The average Bonchev–Trinajstić information content (AvgIpc) is 2.67. The van der Waals surface area contributed by atoms with E-state index in [1.807, 2.05) is 0 Å². The number of carboxylic acid groups (broad SMARTS) is 1. The van der Waals surface area contributed by atoms with Crippen molar-refractivity contribution < 1.29 is 23.2 Å². The monoisotopic (exact) mass is 463 g/mol. The van der Waals surface area contributed by atoms with E-state index in [4.69, 9.17) is 13.3 Å². The molecule has 0 bridgehead atoms. The van der Waals surface area contributed by atoms with Crippen LogP contribution in [0.3, 0.4) is 0 Å². The van der Waals surface area contributed by atoms with Gasteiger partial charge >= 0.3 is 14.5 Å². The van der Waals surface area contributed by atoms with Crippen LogP contribution < -0.4 is 5.32 Å². The first-order valence-corrected chi connectivity index (χ1v) is 16.3. The molecule has 1 atom stereocenters. The zero-order valence-electron chi connectivity index (χ0n) is 21.0. The SMILES string of the molecule is CO[Si](C)(CCCCCCCNCC(O[Si](C(C)C)(C(C)C)C(C)C)C(=O)O)OC. The number of nitrogens with one attached hydrogen (secondary N) is 1. The van der Waals surface area contributed by atoms with Gasteiger partial charge in [-0.25, -0.2) is 4.79 Å². The van der Waals surface area contributed by atoms with E-state index in [1.165, 1.54) is 12.8 Å². The maximum atomic E-state index is 11.9. The van der Waals surface area contributed by atoms with Gasteiger partial charge in [0.25, 0.3) is 0 Å². The Balaban J connectivity index is 4.34. The maximum absolute atomic E-state index is 11.9. The molecule has 0 saturated carbocycles. The summed E-state index contributed by atoms with van der Waals surface area (Å²) in [6.45, 7) is 16.4. The predicted molar refractivity (Wildman–Crippen MR) is 130 cm³/mol. The molecule has 2 N–H and O–H groups in total. The minimum atomic E-state index is -2.20. The van der Waals surface area contributed by atoms with Crippen LogP contribution in [0.2, 0.25) is 29.2 Å². The first-order valence-electron chi connectivity index (χ1n) is 11.7. The van der Waals surface area contributed by atoms with Crippen LogP contribution in [0.4, 0.5) is 0 Å². The highest BCUT2D eigenvalue weighted by Crippen LogP contribution is 2.42. The fourth-order valence-corrected chi connectivity index (χ4v) is 11.5. The Morgan fingerprint density at radius 3 is 1.77 bits per heavy atom. The second kappa shape index (κ2) is 14.7. The highest BCUT2D eigenvalue weighted by molar-refractivity contribution is 6.77. The Morgan fingerprint density at radius 2 is 1.33 bits per heavy atom. The molecule has 0 aliphatic rings. The van der Waals surface area contributed by atoms with Crippen molar-refractivity contribution in [1.29, 1.82) is 0 Å². The Hall–Kier alpha value is -0.256. The summed E-state index contributed by atoms with van der Waals surface area (Å²) in [6, 6.07) is 1.03. The van der Waals surface area contributed by atoms with Crippen LogP contribution in [0.1, 0.15) is 73.6 Å². The first-order chi connectivity index (χ1) is 14.0. The Kier molecular flexibility index (Phi) is 14.6. The average molecular weight is 464 g/mol. The van der Waals surface area contributed by atoms with E-state index in [0.29, 0.717) is 23.2 Å². The van der Waals surface area contributed by atoms with Gasteiger partial charge in [0, 0.05) is 20.8 Å². The van der Waals surface area contributed by atoms with Gasteiger partial charge in [-0.1, -0.05) is 67.2 Å². The smallest absolute Gasteiger partial charge is 0.334 e. The molecule has 0 amide bonds. The Bertz CT molecular complexity index is 449. The standard InChI is InChI=1S/C22H49NO5Si2/c1-18(2)30(19(3)4,20(5)6)28-21(22(24)25)17-23-15-13-11-10-12-14-16-29(9,26-7)27-8/h18-21,23H,10-17H2,1-9H3,(H,24,25). The van der Waals surface area contributed by atoms with Crippen molar-refractivity contribution in [2.45, 2.75) is 109 Å². The number of carboxylic acids is 1. The van der Waals surface area contributed by atoms with Crippen molar-refractivity contribution in [3.05, 3.63) is 0 Å². The van der Waals surface area contributed by atoms with Crippen LogP contribution >= 0.6 is 0 Å². The third-order valence-electron chi connectivity index (χ3n) is 6.51. The lowest BCUT2D eigenvalue weighted by Crippen LogP contribution is -2.53. The van der Waals surface area contributed by atoms with Gasteiger partial charge in [0.2, 0.25) is 8.32 Å². The molecular weight excluding hydrogens is 414 g/mol. The van der Waals surface area contributed by atoms with Crippen LogP contribution in [0.25, 0.3) is 0 Å². The van der Waals surface area contributed by atoms with Crippen LogP contribution in [0, 0.1) is 0 Å². The third kappa shape index (κ3) is 9.48. The molecule has 0 heterocycles. The van der Waals surface area contributed by atoms with Gasteiger partial charge in [-0.2, -0.15) is 0 Å². The van der Waals surface area contributed by atoms with Crippen LogP contribution in [0.5, 0.6) is 0 Å². The number of unbranched alkanes of at least 4 members (excludes halogenated alkanes) is 4. The molecule has 0 saturated heterocycles. The Labute approximate surface area is 187 Å². The van der Waals surface area contributed by atoms with Gasteiger partial charge in [-0.05, 0) is 42.2 Å². The zero-order valence-corrected chi connectivity index (χ0v) is 23.0. The molecule has 0 aliphatic heterocycles. The molecule has 0 rings (SSSR count). The van der Waals surface area contributed by atoms with Crippen LogP contribution in [-0.2, 0) is 18.1 Å². The summed E-state index contributed by atoms with van der Waals surface area (Å²) >= 11 is 0. The van der Waals surface area contributed by atoms with Gasteiger partial charge in [0.05, 0.1) is 0 Å². The van der Waals surface area contributed by atoms with E-state index in [-0.39, 0.29) is 0 Å². The lowest BCUT2D eigenvalue weighted by atomic mass is 10.1. The lowest BCUT2D eigenvalue weighted by Gasteiger charge is -2.43. The highest BCUT2D eigenvalue weighted by atomic mass is 28.4. The molecule has 0 aromatic rings. The molecule has 1 unspecified atom stereocenters. The minimum absolute atomic E-state index is 0.375. The second-order valence-electron chi connectivity index (χ2n) is 9.53. The molecule has 0 aromatic heterocycles. The largest absolute Gasteiger partial charge is 0.479 e. The van der Waals surface area contributed by atoms with Gasteiger partial charge < -0.3 is 23.7 Å². The summed E-state index contributed by atoms with van der Waals surface area (Å²) in [4.78, 5) is 11.9. The molecule has 8 heteroatoms. The number of carbonyl (C=O) groups is 1. The van der Waals surface area contributed by atoms with E-state index in [2.05, 4.69) is 53.4 Å². The van der Waals surface area contributed by atoms with Gasteiger partial charge in [0.1, 0.15) is 0 Å². The van der Waals surface area contributed by atoms with Crippen LogP contribution in [0.15, 0.2) is 0 Å². The van der Waals surface area contributed by atoms with E-state index in [9.17, 15) is 9.90 Å². The van der Waals surface area contributed by atoms with E-state index in [1.54, 1.807) is 14.2 Å². The summed E-state index contributed by atoms with van der Waals surface area (Å²) in [7, 11) is -0.645. The van der Waals surface area contributed by atoms with Gasteiger partial charge in [-0.3, -0.25) is 0 Å². The first kappa shape index (κ1) is 29.7. The fourth-order valence-electron chi connectivity index (χ4n) is 4.58. The van der Waals surface area contributed by atoms with E-state index >= 15 is 0 Å². The minimum Gasteiger partial charge on any atom is -0.479 e. The molecule has 30 heavy (non-hydrogen) atoms. The topological polar surface area (TPSA) is 77.0 Å². The summed E-state index contributed by atoms with van der Waals surface area (Å²) < 4.78 is 17.5. The van der Waals surface area contributed by atoms with Crippen molar-refractivity contribution in [2.24, 2.45) is 0 Å². The van der Waals surface area contributed by atoms with Gasteiger partial charge in [0.15, 0.2) is 6.10 Å². The normalized spacial score (nSPS) is 14.1. The van der Waals surface area contributed by atoms with Crippen molar-refractivity contribution in [1.82, 2.24) is 5.32 Å². The molecule has 180 valence electrons. The van der Waals surface area contributed by atoms with E-state index < -0.39 is 29.0 Å². The predicted octanol–water partition coefficient (Wildman–Crippen LogP) is 5.54. The van der Waals surface area contributed by atoms with E-state index in [0.717, 1.165) is 31.9 Å². The molecule has 0 fully saturated rings. The summed E-state index contributed by atoms with van der Waals surface area (Å²) in [5, 5.41) is 13.1. The van der Waals surface area contributed by atoms with Crippen molar-refractivity contribution in [2.75, 3.05) is 27.3 Å². The van der Waals surface area contributed by atoms with Crippen LogP contribution in [-0.4, -0.2) is 61.4 Å². The third-order valence-corrected chi connectivity index (χ3v) is 15.6. The fraction of sp³-hybridized carbons (Fsp3) is 0.955. The number of aliphatic carboxylic acids is 1.